The SMILES string of the molecule is [2H]c1c([2H])c([2H])c2c(c1[2H])c1c([2H])c([2H])c(-c3nc(-c4ccc(-c5ccccc5)cc4)nc(-c4cccc5oc6ccccc6c45)n3)c([2H])c1n2-c1ccccc1. The summed E-state index contributed by atoms with van der Waals surface area (Å²) in [6.07, 6.45) is 0. The molecule has 234 valence electrons. The summed E-state index contributed by atoms with van der Waals surface area (Å²) in [4.78, 5) is 14.9. The summed E-state index contributed by atoms with van der Waals surface area (Å²) in [5.41, 5.74) is 5.40. The maximum Gasteiger partial charge on any atom is 0.164 e. The number of hydrogen-bond acceptors (Lipinski definition) is 4. The topological polar surface area (TPSA) is 56.7 Å². The van der Waals surface area contributed by atoms with Crippen molar-refractivity contribution in [2.45, 2.75) is 0 Å². The summed E-state index contributed by atoms with van der Waals surface area (Å²) >= 11 is 0. The molecule has 3 heterocycles. The fourth-order valence-electron chi connectivity index (χ4n) is 6.60. The van der Waals surface area contributed by atoms with Crippen molar-refractivity contribution in [3.63, 3.8) is 0 Å². The Bertz CT molecular complexity index is 3260. The molecule has 0 aliphatic heterocycles. The zero-order chi connectivity index (χ0) is 39.1. The van der Waals surface area contributed by atoms with E-state index in [9.17, 15) is 4.11 Å². The molecular formula is C45H28N4O. The molecule has 0 fully saturated rings. The summed E-state index contributed by atoms with van der Waals surface area (Å²) in [7, 11) is 0. The predicted molar refractivity (Wildman–Crippen MR) is 203 cm³/mol. The number of benzene rings is 7. The Morgan fingerprint density at radius 3 is 1.94 bits per heavy atom. The van der Waals surface area contributed by atoms with Gasteiger partial charge in [-0.15, -0.1) is 0 Å². The molecule has 0 saturated carbocycles. The Balaban J connectivity index is 1.30. The molecule has 7 aromatic carbocycles. The van der Waals surface area contributed by atoms with Crippen LogP contribution in [0.3, 0.4) is 0 Å². The van der Waals surface area contributed by atoms with Gasteiger partial charge in [-0.25, -0.2) is 15.0 Å². The van der Waals surface area contributed by atoms with Crippen molar-refractivity contribution in [1.29, 1.82) is 0 Å². The van der Waals surface area contributed by atoms with Gasteiger partial charge in [0, 0.05) is 43.9 Å². The number of para-hydroxylation sites is 3. The van der Waals surface area contributed by atoms with E-state index < -0.39 is 12.1 Å². The summed E-state index contributed by atoms with van der Waals surface area (Å²) in [6.45, 7) is 0. The van der Waals surface area contributed by atoms with E-state index in [4.69, 9.17) is 24.9 Å². The van der Waals surface area contributed by atoms with Crippen molar-refractivity contribution in [2.75, 3.05) is 0 Å². The maximum absolute atomic E-state index is 9.82. The molecule has 3 aromatic heterocycles. The van der Waals surface area contributed by atoms with Gasteiger partial charge in [0.1, 0.15) is 11.2 Å². The Hall–Kier alpha value is -6.85. The standard InChI is InChI=1S/C45H28N4O/c1-3-12-29(13-4-1)30-22-24-31(25-23-30)43-46-44(48-45(47-43)37-18-11-21-41-42(37)36-17-8-10-20-40(36)50-41)32-26-27-35-34-16-7-9-19-38(34)49(39(35)28-32)33-14-5-2-6-15-33/h1-28H/i7D,9D,16D,19D,26D,27D,28D. The van der Waals surface area contributed by atoms with Gasteiger partial charge in [0.25, 0.3) is 0 Å². The first-order chi connectivity index (χ1) is 27.7. The molecule has 5 heteroatoms. The fraction of sp³-hybridized carbons (Fsp3) is 0. The lowest BCUT2D eigenvalue weighted by molar-refractivity contribution is 0.669. The lowest BCUT2D eigenvalue weighted by Gasteiger charge is -2.11. The molecule has 0 amide bonds. The van der Waals surface area contributed by atoms with Crippen LogP contribution in [0.2, 0.25) is 0 Å². The van der Waals surface area contributed by atoms with Crippen LogP contribution in [0.25, 0.3) is 94.7 Å². The third-order valence-electron chi connectivity index (χ3n) is 8.92. The van der Waals surface area contributed by atoms with Crippen LogP contribution < -0.4 is 0 Å². The van der Waals surface area contributed by atoms with Gasteiger partial charge in [-0.3, -0.25) is 0 Å². The van der Waals surface area contributed by atoms with Crippen LogP contribution in [0.4, 0.5) is 0 Å². The normalized spacial score (nSPS) is 13.6. The van der Waals surface area contributed by atoms with Crippen molar-refractivity contribution in [3.8, 4) is 51.0 Å². The second-order valence-corrected chi connectivity index (χ2v) is 11.9. The molecule has 0 N–H and O–H groups in total. The van der Waals surface area contributed by atoms with Crippen LogP contribution in [0.5, 0.6) is 0 Å². The van der Waals surface area contributed by atoms with Crippen molar-refractivity contribution < 1.29 is 14.0 Å². The van der Waals surface area contributed by atoms with E-state index in [-0.39, 0.29) is 75.1 Å². The number of aromatic nitrogens is 4. The molecule has 0 saturated heterocycles. The first-order valence-corrected chi connectivity index (χ1v) is 16.1. The second-order valence-electron chi connectivity index (χ2n) is 11.9. The zero-order valence-electron chi connectivity index (χ0n) is 33.3. The van der Waals surface area contributed by atoms with Crippen molar-refractivity contribution in [1.82, 2.24) is 19.5 Å². The molecule has 0 atom stereocenters. The second kappa shape index (κ2) is 11.4. The first kappa shape index (κ1) is 21.9. The minimum absolute atomic E-state index is 0.0123. The molecular weight excluding hydrogens is 613 g/mol. The van der Waals surface area contributed by atoms with Gasteiger partial charge < -0.3 is 8.98 Å². The third-order valence-corrected chi connectivity index (χ3v) is 8.92. The molecule has 0 unspecified atom stereocenters. The Labute approximate surface area is 297 Å². The third kappa shape index (κ3) is 4.60. The van der Waals surface area contributed by atoms with E-state index in [1.54, 1.807) is 28.8 Å². The highest BCUT2D eigenvalue weighted by Gasteiger charge is 2.19. The highest BCUT2D eigenvalue weighted by atomic mass is 16.3. The highest BCUT2D eigenvalue weighted by molar-refractivity contribution is 6.12. The molecule has 50 heavy (non-hydrogen) atoms. The van der Waals surface area contributed by atoms with Gasteiger partial charge in [-0.05, 0) is 47.5 Å². The number of nitrogens with zero attached hydrogens (tertiary/aromatic N) is 4. The molecule has 10 aromatic rings. The number of furan rings is 1. The fourth-order valence-corrected chi connectivity index (χ4v) is 6.60. The quantitative estimate of drug-likeness (QED) is 0.186. The first-order valence-electron chi connectivity index (χ1n) is 19.6. The van der Waals surface area contributed by atoms with Crippen LogP contribution in [0.1, 0.15) is 9.60 Å². The van der Waals surface area contributed by atoms with E-state index in [1.165, 1.54) is 0 Å². The average molecular weight is 648 g/mol. The molecule has 0 aliphatic carbocycles. The van der Waals surface area contributed by atoms with Crippen molar-refractivity contribution in [2.24, 2.45) is 0 Å². The van der Waals surface area contributed by atoms with E-state index >= 15 is 0 Å². The van der Waals surface area contributed by atoms with Crippen LogP contribution in [-0.2, 0) is 0 Å². The van der Waals surface area contributed by atoms with Gasteiger partial charge in [-0.1, -0.05) is 133 Å². The van der Waals surface area contributed by atoms with Gasteiger partial charge >= 0.3 is 0 Å². The van der Waals surface area contributed by atoms with E-state index in [0.29, 0.717) is 28.0 Å². The van der Waals surface area contributed by atoms with Crippen molar-refractivity contribution in [3.05, 3.63) is 170 Å². The summed E-state index contributed by atoms with van der Waals surface area (Å²) in [5.74, 6) is 0.544. The van der Waals surface area contributed by atoms with Gasteiger partial charge in [0.2, 0.25) is 0 Å². The largest absolute Gasteiger partial charge is 0.456 e. The van der Waals surface area contributed by atoms with Crippen molar-refractivity contribution >= 4 is 43.7 Å². The van der Waals surface area contributed by atoms with Crippen LogP contribution >= 0.6 is 0 Å². The molecule has 10 rings (SSSR count). The Morgan fingerprint density at radius 2 is 1.10 bits per heavy atom. The molecule has 0 spiro atoms. The monoisotopic (exact) mass is 647 g/mol. The molecule has 0 aliphatic rings. The van der Waals surface area contributed by atoms with Crippen LogP contribution in [-0.4, -0.2) is 19.5 Å². The van der Waals surface area contributed by atoms with Crippen LogP contribution in [0.15, 0.2) is 174 Å². The minimum Gasteiger partial charge on any atom is -0.456 e. The van der Waals surface area contributed by atoms with E-state index in [1.807, 2.05) is 103 Å². The summed E-state index contributed by atoms with van der Waals surface area (Å²) in [5, 5.41) is 1.79. The number of hydrogen-bond donors (Lipinski definition) is 0. The molecule has 0 bridgehead atoms. The number of rotatable bonds is 5. The van der Waals surface area contributed by atoms with Crippen LogP contribution in [0, 0.1) is 0 Å². The summed E-state index contributed by atoms with van der Waals surface area (Å²) in [6, 6.07) is 37.6. The highest BCUT2D eigenvalue weighted by Crippen LogP contribution is 2.38. The lowest BCUT2D eigenvalue weighted by atomic mass is 10.0. The predicted octanol–water partition coefficient (Wildman–Crippen LogP) is 11.5. The smallest absolute Gasteiger partial charge is 0.164 e. The summed E-state index contributed by atoms with van der Waals surface area (Å²) < 4.78 is 71.3. The maximum atomic E-state index is 9.82. The molecule has 5 nitrogen and oxygen atoms in total. The minimum atomic E-state index is -0.466. The molecule has 0 radical (unpaired) electrons. The zero-order valence-corrected chi connectivity index (χ0v) is 26.3. The Morgan fingerprint density at radius 1 is 0.460 bits per heavy atom. The number of fused-ring (bicyclic) bond motifs is 6. The van der Waals surface area contributed by atoms with Gasteiger partial charge in [0.15, 0.2) is 17.5 Å². The van der Waals surface area contributed by atoms with E-state index in [0.717, 1.165) is 21.9 Å². The van der Waals surface area contributed by atoms with Gasteiger partial charge in [-0.2, -0.15) is 0 Å². The lowest BCUT2D eigenvalue weighted by Crippen LogP contribution is -2.01. The average Bonchev–Trinajstić information content (AvgIpc) is 3.82. The Kier molecular flexibility index (Phi) is 4.99. The van der Waals surface area contributed by atoms with Gasteiger partial charge in [0.05, 0.1) is 20.6 Å². The van der Waals surface area contributed by atoms with E-state index in [2.05, 4.69) is 0 Å².